The zero-order valence-corrected chi connectivity index (χ0v) is 16.6. The summed E-state index contributed by atoms with van der Waals surface area (Å²) < 4.78 is 5.00. The Morgan fingerprint density at radius 2 is 1.57 bits per heavy atom. The molecule has 30 heavy (non-hydrogen) atoms. The largest absolute Gasteiger partial charge is 0.427 e. The highest BCUT2D eigenvalue weighted by atomic mass is 16.5. The van der Waals surface area contributed by atoms with Gasteiger partial charge in [0, 0.05) is 24.7 Å². The van der Waals surface area contributed by atoms with Crippen LogP contribution in [0.2, 0.25) is 0 Å². The third kappa shape index (κ3) is 6.31. The Hall–Kier alpha value is -3.93. The Balaban J connectivity index is 1.57. The van der Waals surface area contributed by atoms with Gasteiger partial charge in [-0.05, 0) is 41.5 Å². The zero-order chi connectivity index (χ0) is 21.3. The smallest absolute Gasteiger partial charge is 0.308 e. The van der Waals surface area contributed by atoms with E-state index in [1.807, 2.05) is 48.5 Å². The average Bonchev–Trinajstić information content (AvgIpc) is 2.72. The van der Waals surface area contributed by atoms with Crippen LogP contribution >= 0.6 is 0 Å². The van der Waals surface area contributed by atoms with Gasteiger partial charge in [-0.25, -0.2) is 0 Å². The second-order valence-corrected chi connectivity index (χ2v) is 6.72. The van der Waals surface area contributed by atoms with Gasteiger partial charge >= 0.3 is 5.97 Å². The summed E-state index contributed by atoms with van der Waals surface area (Å²) in [6, 6.07) is 23.2. The molecule has 0 radical (unpaired) electrons. The predicted octanol–water partition coefficient (Wildman–Crippen LogP) is 3.72. The van der Waals surface area contributed by atoms with Crippen LogP contribution in [0.15, 0.2) is 78.9 Å². The highest BCUT2D eigenvalue weighted by Gasteiger charge is 2.09. The number of hydrogen-bond acceptors (Lipinski definition) is 4. The number of rotatable bonds is 7. The molecule has 0 unspecified atom stereocenters. The molecule has 152 valence electrons. The number of amides is 2. The highest BCUT2D eigenvalue weighted by Crippen LogP contribution is 2.15. The van der Waals surface area contributed by atoms with Crippen molar-refractivity contribution < 1.29 is 19.1 Å². The third-order valence-electron chi connectivity index (χ3n) is 4.23. The van der Waals surface area contributed by atoms with E-state index in [4.69, 9.17) is 4.74 Å². The summed E-state index contributed by atoms with van der Waals surface area (Å²) >= 11 is 0. The van der Waals surface area contributed by atoms with Crippen molar-refractivity contribution in [3.05, 3.63) is 95.6 Å². The minimum atomic E-state index is -0.446. The molecule has 2 N–H and O–H groups in total. The van der Waals surface area contributed by atoms with Gasteiger partial charge in [-0.2, -0.15) is 0 Å². The fourth-order valence-corrected chi connectivity index (χ4v) is 2.90. The van der Waals surface area contributed by atoms with E-state index in [-0.39, 0.29) is 11.8 Å². The lowest BCUT2D eigenvalue weighted by Crippen LogP contribution is -2.23. The first-order valence-electron chi connectivity index (χ1n) is 9.49. The molecule has 0 saturated carbocycles. The SMILES string of the molecule is CC(=O)Oc1cccc(C(=O)NCc2cccc(NC(=O)Cc3ccccc3)c2)c1. The van der Waals surface area contributed by atoms with Gasteiger partial charge in [-0.1, -0.05) is 48.5 Å². The Kier molecular flexibility index (Phi) is 6.95. The van der Waals surface area contributed by atoms with E-state index in [2.05, 4.69) is 10.6 Å². The van der Waals surface area contributed by atoms with Crippen molar-refractivity contribution in [3.63, 3.8) is 0 Å². The average molecular weight is 402 g/mol. The lowest BCUT2D eigenvalue weighted by Gasteiger charge is -2.09. The van der Waals surface area contributed by atoms with E-state index in [9.17, 15) is 14.4 Å². The standard InChI is InChI=1S/C24H22N2O4/c1-17(27)30-22-12-6-10-20(15-22)24(29)25-16-19-9-5-11-21(13-19)26-23(28)14-18-7-3-2-4-8-18/h2-13,15H,14,16H2,1H3,(H,25,29)(H,26,28). The molecule has 3 aromatic rings. The predicted molar refractivity (Wildman–Crippen MR) is 114 cm³/mol. The van der Waals surface area contributed by atoms with Gasteiger partial charge < -0.3 is 15.4 Å². The van der Waals surface area contributed by atoms with Crippen molar-refractivity contribution in [2.24, 2.45) is 0 Å². The Morgan fingerprint density at radius 3 is 2.33 bits per heavy atom. The summed E-state index contributed by atoms with van der Waals surface area (Å²) in [4.78, 5) is 35.7. The normalized spacial score (nSPS) is 10.2. The van der Waals surface area contributed by atoms with E-state index >= 15 is 0 Å². The summed E-state index contributed by atoms with van der Waals surface area (Å²) in [5, 5.41) is 5.70. The first-order valence-corrected chi connectivity index (χ1v) is 9.49. The second kappa shape index (κ2) is 10.0. The molecular formula is C24H22N2O4. The van der Waals surface area contributed by atoms with Crippen LogP contribution in [-0.2, 0) is 22.6 Å². The monoisotopic (exact) mass is 402 g/mol. The molecule has 3 aromatic carbocycles. The quantitative estimate of drug-likeness (QED) is 0.466. The summed E-state index contributed by atoms with van der Waals surface area (Å²) in [7, 11) is 0. The molecule has 0 saturated heterocycles. The Morgan fingerprint density at radius 1 is 0.833 bits per heavy atom. The molecular weight excluding hydrogens is 380 g/mol. The number of carbonyl (C=O) groups is 3. The lowest BCUT2D eigenvalue weighted by atomic mass is 10.1. The van der Waals surface area contributed by atoms with Crippen LogP contribution in [-0.4, -0.2) is 17.8 Å². The maximum absolute atomic E-state index is 12.4. The van der Waals surface area contributed by atoms with Gasteiger partial charge in [0.2, 0.25) is 5.91 Å². The zero-order valence-electron chi connectivity index (χ0n) is 16.6. The molecule has 0 aliphatic heterocycles. The van der Waals surface area contributed by atoms with Gasteiger partial charge in [0.05, 0.1) is 6.42 Å². The van der Waals surface area contributed by atoms with E-state index in [1.165, 1.54) is 13.0 Å². The van der Waals surface area contributed by atoms with Crippen molar-refractivity contribution in [2.45, 2.75) is 19.9 Å². The Labute approximate surface area is 174 Å². The number of esters is 1. The molecule has 0 spiro atoms. The second-order valence-electron chi connectivity index (χ2n) is 6.72. The van der Waals surface area contributed by atoms with Crippen LogP contribution in [0.5, 0.6) is 5.75 Å². The summed E-state index contributed by atoms with van der Waals surface area (Å²) in [6.45, 7) is 1.59. The van der Waals surface area contributed by atoms with Crippen molar-refractivity contribution in [2.75, 3.05) is 5.32 Å². The van der Waals surface area contributed by atoms with Crippen LogP contribution in [0, 0.1) is 0 Å². The van der Waals surface area contributed by atoms with Crippen LogP contribution in [0.1, 0.15) is 28.4 Å². The van der Waals surface area contributed by atoms with Crippen LogP contribution in [0.3, 0.4) is 0 Å². The van der Waals surface area contributed by atoms with Gasteiger partial charge in [0.15, 0.2) is 0 Å². The van der Waals surface area contributed by atoms with Crippen molar-refractivity contribution >= 4 is 23.5 Å². The lowest BCUT2D eigenvalue weighted by molar-refractivity contribution is -0.131. The van der Waals surface area contributed by atoms with Crippen molar-refractivity contribution in [1.82, 2.24) is 5.32 Å². The van der Waals surface area contributed by atoms with Crippen LogP contribution in [0.4, 0.5) is 5.69 Å². The number of anilines is 1. The van der Waals surface area contributed by atoms with Gasteiger partial charge in [-0.3, -0.25) is 14.4 Å². The number of ether oxygens (including phenoxy) is 1. The summed E-state index contributed by atoms with van der Waals surface area (Å²) in [6.07, 6.45) is 0.292. The molecule has 6 heteroatoms. The molecule has 2 amide bonds. The van der Waals surface area contributed by atoms with E-state index in [0.29, 0.717) is 30.0 Å². The first kappa shape index (κ1) is 20.8. The van der Waals surface area contributed by atoms with E-state index < -0.39 is 5.97 Å². The molecule has 0 aliphatic rings. The number of carbonyl (C=O) groups excluding carboxylic acids is 3. The molecule has 0 bridgehead atoms. The van der Waals surface area contributed by atoms with Crippen LogP contribution < -0.4 is 15.4 Å². The van der Waals surface area contributed by atoms with Crippen molar-refractivity contribution in [3.8, 4) is 5.75 Å². The topological polar surface area (TPSA) is 84.5 Å². The molecule has 6 nitrogen and oxygen atoms in total. The van der Waals surface area contributed by atoms with Gasteiger partial charge in [0.1, 0.15) is 5.75 Å². The van der Waals surface area contributed by atoms with E-state index in [1.54, 1.807) is 24.3 Å². The highest BCUT2D eigenvalue weighted by molar-refractivity contribution is 5.95. The summed E-state index contributed by atoms with van der Waals surface area (Å²) in [5.41, 5.74) is 2.84. The molecule has 0 aromatic heterocycles. The first-order chi connectivity index (χ1) is 14.5. The molecule has 0 heterocycles. The molecule has 0 fully saturated rings. The van der Waals surface area contributed by atoms with Gasteiger partial charge in [0.25, 0.3) is 5.91 Å². The fraction of sp³-hybridized carbons (Fsp3) is 0.125. The molecule has 0 aliphatic carbocycles. The summed E-state index contributed by atoms with van der Waals surface area (Å²) in [5.74, 6) is -0.524. The maximum Gasteiger partial charge on any atom is 0.308 e. The number of nitrogens with one attached hydrogen (secondary N) is 2. The Bertz CT molecular complexity index is 1050. The maximum atomic E-state index is 12.4. The van der Waals surface area contributed by atoms with Crippen LogP contribution in [0.25, 0.3) is 0 Å². The third-order valence-corrected chi connectivity index (χ3v) is 4.23. The minimum Gasteiger partial charge on any atom is -0.427 e. The van der Waals surface area contributed by atoms with Gasteiger partial charge in [-0.15, -0.1) is 0 Å². The number of hydrogen-bond donors (Lipinski definition) is 2. The molecule has 0 atom stereocenters. The van der Waals surface area contributed by atoms with E-state index in [0.717, 1.165) is 11.1 Å². The minimum absolute atomic E-state index is 0.107. The number of benzene rings is 3. The molecule has 3 rings (SSSR count). The van der Waals surface area contributed by atoms with Crippen molar-refractivity contribution in [1.29, 1.82) is 0 Å². The fourth-order valence-electron chi connectivity index (χ4n) is 2.90.